The molecule has 0 saturated carbocycles. The van der Waals surface area contributed by atoms with Gasteiger partial charge >= 0.3 is 5.97 Å². The standard InChI is InChI=1S/C10H20ClO4P/c1-6(2)14-8(5)16(13)9(11)10(12)15-7(3)4/h6-9,16H,1-5H3. The predicted octanol–water partition coefficient (Wildman–Crippen LogP) is 2.83. The zero-order valence-electron chi connectivity index (χ0n) is 10.3. The summed E-state index contributed by atoms with van der Waals surface area (Å²) < 4.78 is 22.0. The number of halogens is 1. The summed E-state index contributed by atoms with van der Waals surface area (Å²) in [6.45, 7) is 8.75. The van der Waals surface area contributed by atoms with Crippen molar-refractivity contribution in [3.8, 4) is 0 Å². The highest BCUT2D eigenvalue weighted by molar-refractivity contribution is 7.49. The molecule has 0 aromatic carbocycles. The van der Waals surface area contributed by atoms with Crippen LogP contribution in [0, 0.1) is 0 Å². The molecule has 96 valence electrons. The number of alkyl halides is 1. The Morgan fingerprint density at radius 2 is 1.62 bits per heavy atom. The van der Waals surface area contributed by atoms with E-state index in [4.69, 9.17) is 21.1 Å². The second-order valence-corrected chi connectivity index (χ2v) is 7.08. The van der Waals surface area contributed by atoms with Gasteiger partial charge in [0, 0.05) is 0 Å². The topological polar surface area (TPSA) is 52.6 Å². The molecule has 0 spiro atoms. The van der Waals surface area contributed by atoms with Crippen LogP contribution in [0.5, 0.6) is 0 Å². The van der Waals surface area contributed by atoms with E-state index in [0.717, 1.165) is 0 Å². The van der Waals surface area contributed by atoms with Gasteiger partial charge in [0.05, 0.1) is 12.2 Å². The van der Waals surface area contributed by atoms with Crippen molar-refractivity contribution >= 4 is 25.4 Å². The number of hydrogen-bond acceptors (Lipinski definition) is 4. The lowest BCUT2D eigenvalue weighted by Gasteiger charge is -2.19. The Kier molecular flexibility index (Phi) is 7.29. The van der Waals surface area contributed by atoms with Crippen LogP contribution in [-0.2, 0) is 18.8 Å². The van der Waals surface area contributed by atoms with E-state index in [0.29, 0.717) is 0 Å². The molecule has 0 N–H and O–H groups in total. The maximum Gasteiger partial charge on any atom is 0.331 e. The van der Waals surface area contributed by atoms with Crippen molar-refractivity contribution in [2.24, 2.45) is 0 Å². The van der Waals surface area contributed by atoms with Crippen LogP contribution in [0.2, 0.25) is 0 Å². The average molecular weight is 271 g/mol. The number of hydrogen-bond donors (Lipinski definition) is 0. The third kappa shape index (κ3) is 5.88. The molecule has 0 rings (SSSR count). The fourth-order valence-electron chi connectivity index (χ4n) is 1.09. The summed E-state index contributed by atoms with van der Waals surface area (Å²) in [4.78, 5) is 11.4. The highest BCUT2D eigenvalue weighted by atomic mass is 35.5. The summed E-state index contributed by atoms with van der Waals surface area (Å²) in [6, 6.07) is 0. The van der Waals surface area contributed by atoms with E-state index >= 15 is 0 Å². The third-order valence-electron chi connectivity index (χ3n) is 1.69. The van der Waals surface area contributed by atoms with Gasteiger partial charge < -0.3 is 14.0 Å². The highest BCUT2D eigenvalue weighted by Crippen LogP contribution is 2.38. The van der Waals surface area contributed by atoms with Gasteiger partial charge in [0.15, 0.2) is 5.12 Å². The molecule has 0 aliphatic rings. The lowest BCUT2D eigenvalue weighted by atomic mass is 10.5. The molecule has 0 aromatic rings. The van der Waals surface area contributed by atoms with E-state index in [2.05, 4.69) is 0 Å². The van der Waals surface area contributed by atoms with Gasteiger partial charge in [-0.25, -0.2) is 4.79 Å². The molecule has 0 saturated heterocycles. The zero-order chi connectivity index (χ0) is 12.9. The monoisotopic (exact) mass is 270 g/mol. The maximum atomic E-state index is 11.8. The number of rotatable bonds is 6. The van der Waals surface area contributed by atoms with Gasteiger partial charge in [0.25, 0.3) is 0 Å². The summed E-state index contributed by atoms with van der Waals surface area (Å²) in [5.41, 5.74) is 0. The molecule has 16 heavy (non-hydrogen) atoms. The van der Waals surface area contributed by atoms with Crippen molar-refractivity contribution in [1.29, 1.82) is 0 Å². The number of ether oxygens (including phenoxy) is 2. The van der Waals surface area contributed by atoms with Gasteiger partial charge in [0.2, 0.25) is 0 Å². The maximum absolute atomic E-state index is 11.8. The molecular formula is C10H20ClO4P. The van der Waals surface area contributed by atoms with E-state index in [1.807, 2.05) is 13.8 Å². The Morgan fingerprint density at radius 3 is 2.00 bits per heavy atom. The molecule has 4 nitrogen and oxygen atoms in total. The van der Waals surface area contributed by atoms with Gasteiger partial charge in [-0.05, 0) is 34.6 Å². The van der Waals surface area contributed by atoms with Crippen LogP contribution in [0.4, 0.5) is 0 Å². The number of esters is 1. The summed E-state index contributed by atoms with van der Waals surface area (Å²) in [7, 11) is -2.37. The fourth-order valence-corrected chi connectivity index (χ4v) is 2.79. The molecule has 3 atom stereocenters. The quantitative estimate of drug-likeness (QED) is 0.423. The molecule has 0 bridgehead atoms. The molecular weight excluding hydrogens is 251 g/mol. The van der Waals surface area contributed by atoms with Crippen LogP contribution < -0.4 is 0 Å². The van der Waals surface area contributed by atoms with Crippen molar-refractivity contribution < 1.29 is 18.8 Å². The van der Waals surface area contributed by atoms with E-state index < -0.39 is 24.7 Å². The van der Waals surface area contributed by atoms with Crippen LogP contribution in [0.3, 0.4) is 0 Å². The Balaban J connectivity index is 4.31. The Hall–Kier alpha value is -0.0500. The van der Waals surface area contributed by atoms with E-state index in [1.165, 1.54) is 0 Å². The normalized spacial score (nSPS) is 17.2. The second-order valence-electron chi connectivity index (χ2n) is 4.08. The molecule has 0 aromatic heterocycles. The minimum atomic E-state index is -2.37. The van der Waals surface area contributed by atoms with Gasteiger partial charge in [-0.15, -0.1) is 11.6 Å². The fraction of sp³-hybridized carbons (Fsp3) is 0.900. The molecule has 3 unspecified atom stereocenters. The van der Waals surface area contributed by atoms with Crippen LogP contribution in [0.15, 0.2) is 0 Å². The predicted molar refractivity (Wildman–Crippen MR) is 65.6 cm³/mol. The average Bonchev–Trinajstić information content (AvgIpc) is 2.13. The first-order valence-corrected chi connectivity index (χ1v) is 7.29. The second kappa shape index (κ2) is 7.31. The van der Waals surface area contributed by atoms with Crippen LogP contribution in [-0.4, -0.2) is 29.1 Å². The van der Waals surface area contributed by atoms with Crippen molar-refractivity contribution in [1.82, 2.24) is 0 Å². The SMILES string of the molecule is CC(C)OC(=O)C(Cl)[PH](=O)C(C)OC(C)C. The third-order valence-corrected chi connectivity index (χ3v) is 4.18. The molecule has 6 heteroatoms. The Morgan fingerprint density at radius 1 is 1.12 bits per heavy atom. The first-order chi connectivity index (χ1) is 7.25. The van der Waals surface area contributed by atoms with Crippen LogP contribution in [0.1, 0.15) is 34.6 Å². The molecule has 0 amide bonds. The van der Waals surface area contributed by atoms with Gasteiger partial charge in [-0.2, -0.15) is 0 Å². The van der Waals surface area contributed by atoms with Crippen molar-refractivity contribution in [2.45, 2.75) is 57.8 Å². The van der Waals surface area contributed by atoms with Crippen LogP contribution >= 0.6 is 19.4 Å². The minimum absolute atomic E-state index is 0.0473. The Bertz CT molecular complexity index is 255. The summed E-state index contributed by atoms with van der Waals surface area (Å²) >= 11 is 5.78. The first kappa shape index (κ1) is 16.0. The summed E-state index contributed by atoms with van der Waals surface area (Å²) in [5.74, 6) is -1.16. The first-order valence-electron chi connectivity index (χ1n) is 5.29. The van der Waals surface area contributed by atoms with Crippen molar-refractivity contribution in [3.63, 3.8) is 0 Å². The molecule has 0 aliphatic carbocycles. The lowest BCUT2D eigenvalue weighted by Crippen LogP contribution is -2.22. The highest BCUT2D eigenvalue weighted by Gasteiger charge is 2.29. The molecule has 0 aliphatic heterocycles. The van der Waals surface area contributed by atoms with Crippen LogP contribution in [0.25, 0.3) is 0 Å². The van der Waals surface area contributed by atoms with Gasteiger partial charge in [-0.1, -0.05) is 0 Å². The summed E-state index contributed by atoms with van der Waals surface area (Å²) in [6.07, 6.45) is -0.307. The van der Waals surface area contributed by atoms with Gasteiger partial charge in [0.1, 0.15) is 13.6 Å². The van der Waals surface area contributed by atoms with E-state index in [1.54, 1.807) is 20.8 Å². The molecule has 0 fully saturated rings. The summed E-state index contributed by atoms with van der Waals surface area (Å²) in [5, 5.41) is -1.11. The van der Waals surface area contributed by atoms with E-state index in [-0.39, 0.29) is 12.2 Å². The molecule has 0 heterocycles. The Labute approximate surface area is 102 Å². The van der Waals surface area contributed by atoms with E-state index in [9.17, 15) is 9.36 Å². The lowest BCUT2D eigenvalue weighted by molar-refractivity contribution is -0.145. The van der Waals surface area contributed by atoms with Crippen molar-refractivity contribution in [2.75, 3.05) is 0 Å². The smallest absolute Gasteiger partial charge is 0.331 e. The molecule has 0 radical (unpaired) electrons. The number of carbonyl (C=O) groups excluding carboxylic acids is 1. The number of carbonyl (C=O) groups is 1. The van der Waals surface area contributed by atoms with Crippen molar-refractivity contribution in [3.05, 3.63) is 0 Å². The minimum Gasteiger partial charge on any atom is -0.462 e. The largest absolute Gasteiger partial charge is 0.462 e. The zero-order valence-corrected chi connectivity index (χ0v) is 12.1. The van der Waals surface area contributed by atoms with Gasteiger partial charge in [-0.3, -0.25) is 0 Å².